The fourth-order valence-electron chi connectivity index (χ4n) is 0.217. The largest absolute Gasteiger partial charge is 0.341 e. The molecule has 2 N–H and O–H groups in total. The Morgan fingerprint density at radius 1 is 1.75 bits per heavy atom. The van der Waals surface area contributed by atoms with Gasteiger partial charge in [-0.3, -0.25) is 9.59 Å². The Morgan fingerprint density at radius 2 is 2.38 bits per heavy atom. The van der Waals surface area contributed by atoms with Gasteiger partial charge in [0.15, 0.2) is 0 Å². The molecule has 4 heteroatoms. The summed E-state index contributed by atoms with van der Waals surface area (Å²) < 4.78 is 0. The highest BCUT2D eigenvalue weighted by Crippen LogP contribution is 1.52. The van der Waals surface area contributed by atoms with Crippen molar-refractivity contribution in [2.45, 2.75) is 6.92 Å². The maximum absolute atomic E-state index is 10.1. The molecule has 0 spiro atoms. The number of carbonyl (C=O) groups excluding carboxylic acids is 2. The van der Waals surface area contributed by atoms with Crippen molar-refractivity contribution in [2.75, 3.05) is 6.67 Å². The van der Waals surface area contributed by atoms with E-state index in [-0.39, 0.29) is 12.6 Å². The zero-order valence-corrected chi connectivity index (χ0v) is 4.60. The average molecular weight is 116 g/mol. The van der Waals surface area contributed by atoms with Crippen LogP contribution in [0.3, 0.4) is 0 Å². The Bertz CT molecular complexity index is 92.0. The predicted octanol–water partition coefficient (Wildman–Crippen LogP) is -1.17. The Kier molecular flexibility index (Phi) is 3.56. The van der Waals surface area contributed by atoms with E-state index in [1.54, 1.807) is 0 Å². The molecule has 0 radical (unpaired) electrons. The van der Waals surface area contributed by atoms with E-state index in [0.29, 0.717) is 6.41 Å². The Labute approximate surface area is 47.3 Å². The summed E-state index contributed by atoms with van der Waals surface area (Å²) in [6, 6.07) is 0. The molecule has 0 aliphatic carbocycles. The van der Waals surface area contributed by atoms with Gasteiger partial charge in [0.2, 0.25) is 12.3 Å². The van der Waals surface area contributed by atoms with Crippen molar-refractivity contribution in [1.82, 2.24) is 10.6 Å². The smallest absolute Gasteiger partial charge is 0.218 e. The van der Waals surface area contributed by atoms with Crippen molar-refractivity contribution in [2.24, 2.45) is 0 Å². The van der Waals surface area contributed by atoms with Crippen molar-refractivity contribution in [1.29, 1.82) is 0 Å². The summed E-state index contributed by atoms with van der Waals surface area (Å²) in [6.07, 6.45) is 0.524. The van der Waals surface area contributed by atoms with Gasteiger partial charge in [-0.1, -0.05) is 0 Å². The lowest BCUT2D eigenvalue weighted by molar-refractivity contribution is -0.119. The van der Waals surface area contributed by atoms with E-state index in [1.807, 2.05) is 0 Å². The van der Waals surface area contributed by atoms with Crippen LogP contribution in [-0.4, -0.2) is 19.0 Å². The van der Waals surface area contributed by atoms with Gasteiger partial charge < -0.3 is 10.6 Å². The Morgan fingerprint density at radius 3 is 2.75 bits per heavy atom. The molecule has 0 aliphatic rings. The zero-order valence-electron chi connectivity index (χ0n) is 4.60. The Hall–Kier alpha value is -1.06. The van der Waals surface area contributed by atoms with E-state index < -0.39 is 0 Å². The van der Waals surface area contributed by atoms with Gasteiger partial charge in [-0.05, 0) is 0 Å². The minimum Gasteiger partial charge on any atom is -0.341 e. The number of nitrogens with one attached hydrogen (secondary N) is 2. The average Bonchev–Trinajstić information content (AvgIpc) is 1.66. The first-order valence-corrected chi connectivity index (χ1v) is 2.19. The lowest BCUT2D eigenvalue weighted by atomic mass is 10.7. The molecule has 0 heterocycles. The number of amides is 2. The van der Waals surface area contributed by atoms with Crippen LogP contribution in [0, 0.1) is 0 Å². The van der Waals surface area contributed by atoms with Crippen LogP contribution in [0.15, 0.2) is 0 Å². The molecule has 0 bridgehead atoms. The third-order valence-electron chi connectivity index (χ3n) is 0.523. The first-order valence-electron chi connectivity index (χ1n) is 2.19. The minimum absolute atomic E-state index is 0.153. The quantitative estimate of drug-likeness (QED) is 0.277. The summed E-state index contributed by atoms with van der Waals surface area (Å²) in [6.45, 7) is 1.59. The maximum Gasteiger partial charge on any atom is 0.218 e. The number of carbonyl (C=O) groups is 2. The van der Waals surface area contributed by atoms with Crippen LogP contribution in [0.4, 0.5) is 0 Å². The van der Waals surface area contributed by atoms with Gasteiger partial charge in [-0.25, -0.2) is 0 Å². The molecular formula is C4H8N2O2. The van der Waals surface area contributed by atoms with Crippen molar-refractivity contribution >= 4 is 12.3 Å². The molecule has 4 nitrogen and oxygen atoms in total. The number of hydrogen-bond donors (Lipinski definition) is 2. The minimum atomic E-state index is -0.153. The second-order valence-electron chi connectivity index (χ2n) is 1.23. The van der Waals surface area contributed by atoms with E-state index in [9.17, 15) is 9.59 Å². The van der Waals surface area contributed by atoms with Gasteiger partial charge in [0, 0.05) is 6.92 Å². The first-order chi connectivity index (χ1) is 3.77. The molecule has 0 aromatic rings. The van der Waals surface area contributed by atoms with Crippen LogP contribution in [-0.2, 0) is 9.59 Å². The van der Waals surface area contributed by atoms with Gasteiger partial charge in [-0.2, -0.15) is 0 Å². The highest BCUT2D eigenvalue weighted by Gasteiger charge is 1.83. The highest BCUT2D eigenvalue weighted by molar-refractivity contribution is 5.72. The summed E-state index contributed by atoms with van der Waals surface area (Å²) in [7, 11) is 0. The molecule has 8 heavy (non-hydrogen) atoms. The van der Waals surface area contributed by atoms with Gasteiger partial charge in [0.05, 0.1) is 6.67 Å². The summed E-state index contributed by atoms with van der Waals surface area (Å²) in [5, 5.41) is 4.63. The molecule has 0 rings (SSSR count). The van der Waals surface area contributed by atoms with Gasteiger partial charge in [0.25, 0.3) is 0 Å². The normalized spacial score (nSPS) is 7.62. The lowest BCUT2D eigenvalue weighted by Gasteiger charge is -1.96. The molecule has 0 aromatic carbocycles. The van der Waals surface area contributed by atoms with Crippen LogP contribution < -0.4 is 10.6 Å². The first kappa shape index (κ1) is 6.94. The fraction of sp³-hybridized carbons (Fsp3) is 0.500. The third kappa shape index (κ3) is 4.94. The summed E-state index contributed by atoms with van der Waals surface area (Å²) in [5.74, 6) is -0.153. The molecule has 0 fully saturated rings. The predicted molar refractivity (Wildman–Crippen MR) is 27.9 cm³/mol. The van der Waals surface area contributed by atoms with E-state index in [2.05, 4.69) is 10.6 Å². The summed E-state index contributed by atoms with van der Waals surface area (Å²) >= 11 is 0. The monoisotopic (exact) mass is 116 g/mol. The van der Waals surface area contributed by atoms with Gasteiger partial charge in [0.1, 0.15) is 0 Å². The van der Waals surface area contributed by atoms with E-state index in [1.165, 1.54) is 6.92 Å². The highest BCUT2D eigenvalue weighted by atomic mass is 16.2. The summed E-state index contributed by atoms with van der Waals surface area (Å²) in [5.41, 5.74) is 0. The third-order valence-corrected chi connectivity index (χ3v) is 0.523. The number of hydrogen-bond acceptors (Lipinski definition) is 2. The van der Waals surface area contributed by atoms with Crippen LogP contribution in [0.2, 0.25) is 0 Å². The van der Waals surface area contributed by atoms with Crippen molar-refractivity contribution in [3.63, 3.8) is 0 Å². The molecule has 0 unspecified atom stereocenters. The topological polar surface area (TPSA) is 58.2 Å². The van der Waals surface area contributed by atoms with Crippen LogP contribution in [0.25, 0.3) is 0 Å². The molecule has 0 saturated carbocycles. The van der Waals surface area contributed by atoms with Gasteiger partial charge in [-0.15, -0.1) is 0 Å². The van der Waals surface area contributed by atoms with Crippen LogP contribution >= 0.6 is 0 Å². The van der Waals surface area contributed by atoms with Crippen molar-refractivity contribution in [3.8, 4) is 0 Å². The van der Waals surface area contributed by atoms with Crippen molar-refractivity contribution in [3.05, 3.63) is 0 Å². The molecule has 0 aromatic heterocycles. The second-order valence-corrected chi connectivity index (χ2v) is 1.23. The van der Waals surface area contributed by atoms with E-state index in [4.69, 9.17) is 0 Å². The molecular weight excluding hydrogens is 108 g/mol. The van der Waals surface area contributed by atoms with E-state index >= 15 is 0 Å². The van der Waals surface area contributed by atoms with E-state index in [0.717, 1.165) is 0 Å². The fourth-order valence-corrected chi connectivity index (χ4v) is 0.217. The van der Waals surface area contributed by atoms with Crippen LogP contribution in [0.5, 0.6) is 0 Å². The molecule has 2 amide bonds. The molecule has 0 aliphatic heterocycles. The van der Waals surface area contributed by atoms with Crippen LogP contribution in [0.1, 0.15) is 6.92 Å². The second kappa shape index (κ2) is 4.11. The summed E-state index contributed by atoms with van der Waals surface area (Å²) in [4.78, 5) is 19.6. The zero-order chi connectivity index (χ0) is 6.41. The molecule has 0 saturated heterocycles. The number of rotatable bonds is 3. The molecule has 0 atom stereocenters. The maximum atomic E-state index is 10.1. The standard InChI is InChI=1S/C4H8N2O2/c1-4(8)6-2-5-3-7/h3H,2H2,1H3,(H,5,7)(H,6,8). The SMILES string of the molecule is CC(=O)NCNC=O. The lowest BCUT2D eigenvalue weighted by Crippen LogP contribution is -2.31. The molecule has 46 valence electrons. The Balaban J connectivity index is 2.93. The van der Waals surface area contributed by atoms with Crippen molar-refractivity contribution < 1.29 is 9.59 Å². The van der Waals surface area contributed by atoms with Gasteiger partial charge >= 0.3 is 0 Å².